The van der Waals surface area contributed by atoms with Crippen LogP contribution in [0, 0.1) is 5.82 Å². The molecule has 0 spiro atoms. The molecule has 1 aromatic carbocycles. The topological polar surface area (TPSA) is 17.1 Å². The first-order valence-corrected chi connectivity index (χ1v) is 4.74. The zero-order valence-corrected chi connectivity index (χ0v) is 8.92. The minimum absolute atomic E-state index is 0.359. The number of benzene rings is 1. The molecular weight excluding hydrogens is 248 g/mol. The van der Waals surface area contributed by atoms with Gasteiger partial charge in [-0.1, -0.05) is 18.5 Å². The van der Waals surface area contributed by atoms with Crippen LogP contribution in [0.15, 0.2) is 12.1 Å². The lowest BCUT2D eigenvalue weighted by Crippen LogP contribution is -2.24. The number of ketones is 1. The summed E-state index contributed by atoms with van der Waals surface area (Å²) >= 11 is 5.40. The van der Waals surface area contributed by atoms with E-state index in [1.54, 1.807) is 6.92 Å². The fraction of sp³-hybridized carbons (Fsp3) is 0.300. The van der Waals surface area contributed by atoms with Crippen molar-refractivity contribution in [1.82, 2.24) is 0 Å². The predicted octanol–water partition coefficient (Wildman–Crippen LogP) is 3.79. The molecule has 0 aliphatic carbocycles. The van der Waals surface area contributed by atoms with Crippen LogP contribution in [-0.2, 0) is 6.42 Å². The van der Waals surface area contributed by atoms with Gasteiger partial charge in [-0.25, -0.2) is 4.39 Å². The summed E-state index contributed by atoms with van der Waals surface area (Å²) in [5.41, 5.74) is -0.657. The van der Waals surface area contributed by atoms with Gasteiger partial charge in [-0.2, -0.15) is 13.2 Å². The number of alkyl halides is 3. The smallest absolute Gasteiger partial charge is 0.284 e. The number of hydrogen-bond acceptors (Lipinski definition) is 1. The van der Waals surface area contributed by atoms with Gasteiger partial charge in [0.2, 0.25) is 0 Å². The highest BCUT2D eigenvalue weighted by atomic mass is 35.5. The maximum Gasteiger partial charge on any atom is 0.454 e. The average Bonchev–Trinajstić information content (AvgIpc) is 2.19. The van der Waals surface area contributed by atoms with Crippen molar-refractivity contribution in [3.05, 3.63) is 34.1 Å². The minimum atomic E-state index is -5.10. The zero-order valence-electron chi connectivity index (χ0n) is 8.16. The van der Waals surface area contributed by atoms with Crippen molar-refractivity contribution in [3.8, 4) is 0 Å². The highest BCUT2D eigenvalue weighted by Gasteiger charge is 2.41. The van der Waals surface area contributed by atoms with Crippen LogP contribution in [0.2, 0.25) is 5.02 Å². The predicted molar refractivity (Wildman–Crippen MR) is 51.2 cm³/mol. The third-order valence-electron chi connectivity index (χ3n) is 2.00. The number of hydrogen-bond donors (Lipinski definition) is 0. The normalized spacial score (nSPS) is 11.6. The molecule has 16 heavy (non-hydrogen) atoms. The van der Waals surface area contributed by atoms with Crippen molar-refractivity contribution in [2.24, 2.45) is 0 Å². The number of aryl methyl sites for hydroxylation is 1. The maximum absolute atomic E-state index is 13.2. The number of carbonyl (C=O) groups excluding carboxylic acids is 1. The van der Waals surface area contributed by atoms with Crippen molar-refractivity contribution < 1.29 is 22.4 Å². The van der Waals surface area contributed by atoms with Gasteiger partial charge < -0.3 is 0 Å². The molecule has 0 aliphatic heterocycles. The molecule has 6 heteroatoms. The van der Waals surface area contributed by atoms with Crippen molar-refractivity contribution in [2.75, 3.05) is 0 Å². The van der Waals surface area contributed by atoms with Crippen molar-refractivity contribution in [3.63, 3.8) is 0 Å². The van der Waals surface area contributed by atoms with E-state index in [0.717, 1.165) is 6.07 Å². The molecule has 88 valence electrons. The third-order valence-corrected chi connectivity index (χ3v) is 2.27. The van der Waals surface area contributed by atoms with E-state index < -0.39 is 28.4 Å². The van der Waals surface area contributed by atoms with Gasteiger partial charge >= 0.3 is 6.18 Å². The van der Waals surface area contributed by atoms with E-state index in [0.29, 0.717) is 12.0 Å². The minimum Gasteiger partial charge on any atom is -0.284 e. The lowest BCUT2D eigenvalue weighted by Gasteiger charge is -2.09. The molecule has 0 radical (unpaired) electrons. The Balaban J connectivity index is 3.33. The lowest BCUT2D eigenvalue weighted by atomic mass is 10.0. The van der Waals surface area contributed by atoms with Gasteiger partial charge in [0.1, 0.15) is 0 Å². The van der Waals surface area contributed by atoms with E-state index in [-0.39, 0.29) is 0 Å². The molecule has 0 N–H and O–H groups in total. The van der Waals surface area contributed by atoms with E-state index >= 15 is 0 Å². The first-order valence-electron chi connectivity index (χ1n) is 4.36. The van der Waals surface area contributed by atoms with Crippen LogP contribution in [0.3, 0.4) is 0 Å². The quantitative estimate of drug-likeness (QED) is 0.580. The number of carbonyl (C=O) groups is 1. The van der Waals surface area contributed by atoms with E-state index in [1.807, 2.05) is 0 Å². The van der Waals surface area contributed by atoms with Crippen LogP contribution in [0.25, 0.3) is 0 Å². The number of rotatable bonds is 2. The second-order valence-corrected chi connectivity index (χ2v) is 3.53. The molecule has 0 aromatic heterocycles. The summed E-state index contributed by atoms with van der Waals surface area (Å²) in [5, 5.41) is -0.480. The van der Waals surface area contributed by atoms with Crippen LogP contribution in [-0.4, -0.2) is 12.0 Å². The van der Waals surface area contributed by atoms with Crippen LogP contribution in [0.1, 0.15) is 22.8 Å². The van der Waals surface area contributed by atoms with Crippen molar-refractivity contribution in [1.29, 1.82) is 0 Å². The Morgan fingerprint density at radius 3 is 2.38 bits per heavy atom. The Kier molecular flexibility index (Phi) is 3.57. The Morgan fingerprint density at radius 1 is 1.38 bits per heavy atom. The summed E-state index contributed by atoms with van der Waals surface area (Å²) in [4.78, 5) is 10.9. The zero-order chi connectivity index (χ0) is 12.5. The lowest BCUT2D eigenvalue weighted by molar-refractivity contribution is -0.0887. The molecule has 0 aliphatic rings. The second kappa shape index (κ2) is 4.41. The second-order valence-electron chi connectivity index (χ2n) is 3.12. The highest BCUT2D eigenvalue weighted by molar-refractivity contribution is 6.31. The summed E-state index contributed by atoms with van der Waals surface area (Å²) in [5.74, 6) is -3.55. The van der Waals surface area contributed by atoms with Crippen molar-refractivity contribution >= 4 is 17.4 Å². The molecule has 0 saturated carbocycles. The first-order chi connectivity index (χ1) is 7.27. The van der Waals surface area contributed by atoms with Crippen LogP contribution in [0.4, 0.5) is 17.6 Å². The largest absolute Gasteiger partial charge is 0.454 e. The molecular formula is C10H7ClF4O. The molecule has 0 atom stereocenters. The highest BCUT2D eigenvalue weighted by Crippen LogP contribution is 2.27. The van der Waals surface area contributed by atoms with Gasteiger partial charge in [-0.15, -0.1) is 0 Å². The summed E-state index contributed by atoms with van der Waals surface area (Å²) in [6.07, 6.45) is -4.74. The fourth-order valence-corrected chi connectivity index (χ4v) is 1.41. The maximum atomic E-state index is 13.2. The van der Waals surface area contributed by atoms with Gasteiger partial charge in [-0.05, 0) is 24.1 Å². The van der Waals surface area contributed by atoms with E-state index in [9.17, 15) is 22.4 Å². The molecule has 0 heterocycles. The van der Waals surface area contributed by atoms with Gasteiger partial charge in [0.05, 0.1) is 10.6 Å². The summed E-state index contributed by atoms with van der Waals surface area (Å²) in [6.45, 7) is 1.66. The average molecular weight is 255 g/mol. The molecule has 1 nitrogen and oxygen atoms in total. The van der Waals surface area contributed by atoms with E-state index in [1.165, 1.54) is 6.07 Å². The number of halogens is 5. The van der Waals surface area contributed by atoms with Gasteiger partial charge in [-0.3, -0.25) is 4.79 Å². The molecule has 0 bridgehead atoms. The van der Waals surface area contributed by atoms with Gasteiger partial charge in [0.25, 0.3) is 5.78 Å². The van der Waals surface area contributed by atoms with Crippen molar-refractivity contribution in [2.45, 2.75) is 19.5 Å². The molecule has 1 rings (SSSR count). The van der Waals surface area contributed by atoms with E-state index in [2.05, 4.69) is 0 Å². The Morgan fingerprint density at radius 2 is 1.94 bits per heavy atom. The monoisotopic (exact) mass is 254 g/mol. The molecule has 1 aromatic rings. The Hall–Kier alpha value is -1.10. The Bertz CT molecular complexity index is 426. The standard InChI is InChI=1S/C10H7ClF4O/c1-2-5-3-6(8(12)7(11)4-5)9(16)10(13,14)15/h3-4H,2H2,1H3. The summed E-state index contributed by atoms with van der Waals surface area (Å²) < 4.78 is 49.6. The number of Topliss-reactive ketones (excluding diaryl/α,β-unsaturated/α-hetero) is 1. The molecule has 0 unspecified atom stereocenters. The third kappa shape index (κ3) is 2.52. The van der Waals surface area contributed by atoms with Crippen LogP contribution < -0.4 is 0 Å². The van der Waals surface area contributed by atoms with Gasteiger partial charge in [0.15, 0.2) is 5.82 Å². The molecule has 0 amide bonds. The van der Waals surface area contributed by atoms with Crippen LogP contribution in [0.5, 0.6) is 0 Å². The SMILES string of the molecule is CCc1cc(Cl)c(F)c(C(=O)C(F)(F)F)c1. The first kappa shape index (κ1) is 13.0. The Labute approximate surface area is 94.0 Å². The molecule has 0 fully saturated rings. The molecule has 0 saturated heterocycles. The van der Waals surface area contributed by atoms with Crippen LogP contribution >= 0.6 is 11.6 Å². The van der Waals surface area contributed by atoms with Gasteiger partial charge in [0, 0.05) is 0 Å². The fourth-order valence-electron chi connectivity index (χ4n) is 1.17. The summed E-state index contributed by atoms with van der Waals surface area (Å²) in [7, 11) is 0. The van der Waals surface area contributed by atoms with E-state index in [4.69, 9.17) is 11.6 Å². The summed E-state index contributed by atoms with van der Waals surface area (Å²) in [6, 6.07) is 2.07.